The third-order valence-electron chi connectivity index (χ3n) is 3.92. The number of para-hydroxylation sites is 1. The predicted octanol–water partition coefficient (Wildman–Crippen LogP) is 3.70. The maximum absolute atomic E-state index is 6.52. The highest BCUT2D eigenvalue weighted by Crippen LogP contribution is 2.33. The molecule has 0 spiro atoms. The van der Waals surface area contributed by atoms with Gasteiger partial charge >= 0.3 is 0 Å². The molecule has 1 aromatic carbocycles. The van der Waals surface area contributed by atoms with Gasteiger partial charge in [0.25, 0.3) is 0 Å². The second-order valence-electron chi connectivity index (χ2n) is 6.10. The van der Waals surface area contributed by atoms with Gasteiger partial charge in [-0.05, 0) is 30.5 Å². The van der Waals surface area contributed by atoms with Crippen LogP contribution in [0, 0.1) is 5.92 Å². The predicted molar refractivity (Wildman–Crippen MR) is 90.2 cm³/mol. The summed E-state index contributed by atoms with van der Waals surface area (Å²) in [5.41, 5.74) is 2.47. The molecule has 0 bridgehead atoms. The van der Waals surface area contributed by atoms with Gasteiger partial charge in [0, 0.05) is 13.1 Å². The van der Waals surface area contributed by atoms with E-state index < -0.39 is 0 Å². The van der Waals surface area contributed by atoms with Crippen molar-refractivity contribution in [1.29, 1.82) is 0 Å². The van der Waals surface area contributed by atoms with Crippen molar-refractivity contribution < 1.29 is 4.74 Å². The summed E-state index contributed by atoms with van der Waals surface area (Å²) in [5.74, 6) is 0.652. The molecule has 1 saturated heterocycles. The Kier molecular flexibility index (Phi) is 6.34. The van der Waals surface area contributed by atoms with Gasteiger partial charge in [0.1, 0.15) is 0 Å². The molecule has 0 radical (unpaired) electrons. The Morgan fingerprint density at radius 2 is 2.24 bits per heavy atom. The van der Waals surface area contributed by atoms with Crippen LogP contribution in [0.25, 0.3) is 0 Å². The van der Waals surface area contributed by atoms with Crippen molar-refractivity contribution in [3.05, 3.63) is 28.8 Å². The molecule has 0 saturated carbocycles. The van der Waals surface area contributed by atoms with E-state index >= 15 is 0 Å². The highest BCUT2D eigenvalue weighted by molar-refractivity contribution is 6.33. The standard InChI is InChI=1S/C17H27ClN2O/c1-4-15-12-21-9-8-20(15)17-14(6-5-7-16(17)18)11-19-10-13(2)3/h5-7,13,15,19H,4,8-12H2,1-3H3. The number of ether oxygens (including phenoxy) is 1. The van der Waals surface area contributed by atoms with E-state index in [1.165, 1.54) is 11.3 Å². The fraction of sp³-hybridized carbons (Fsp3) is 0.647. The van der Waals surface area contributed by atoms with E-state index in [1.807, 2.05) is 12.1 Å². The van der Waals surface area contributed by atoms with Gasteiger partial charge in [-0.1, -0.05) is 44.5 Å². The Bertz CT molecular complexity index is 450. The monoisotopic (exact) mass is 310 g/mol. The Balaban J connectivity index is 2.19. The van der Waals surface area contributed by atoms with Gasteiger partial charge in [0.15, 0.2) is 0 Å². The van der Waals surface area contributed by atoms with E-state index in [0.29, 0.717) is 12.0 Å². The van der Waals surface area contributed by atoms with E-state index in [9.17, 15) is 0 Å². The SMILES string of the molecule is CCC1COCCN1c1c(Cl)cccc1CNCC(C)C. The lowest BCUT2D eigenvalue weighted by Crippen LogP contribution is -2.46. The number of benzene rings is 1. The lowest BCUT2D eigenvalue weighted by atomic mass is 10.1. The number of nitrogens with zero attached hydrogens (tertiary/aromatic N) is 1. The molecule has 0 aromatic heterocycles. The van der Waals surface area contributed by atoms with Crippen LogP contribution in [0.4, 0.5) is 5.69 Å². The summed E-state index contributed by atoms with van der Waals surface area (Å²) in [6.07, 6.45) is 1.07. The topological polar surface area (TPSA) is 24.5 Å². The minimum Gasteiger partial charge on any atom is -0.377 e. The fourth-order valence-electron chi connectivity index (χ4n) is 2.81. The van der Waals surface area contributed by atoms with Gasteiger partial charge in [0.05, 0.1) is 30.0 Å². The normalized spacial score (nSPS) is 19.3. The molecule has 3 nitrogen and oxygen atoms in total. The van der Waals surface area contributed by atoms with Crippen LogP contribution in [0.3, 0.4) is 0 Å². The molecule has 0 aliphatic carbocycles. The third kappa shape index (κ3) is 4.35. The first-order valence-electron chi connectivity index (χ1n) is 7.96. The Morgan fingerprint density at radius 3 is 2.95 bits per heavy atom. The molecule has 1 aromatic rings. The molecular formula is C17H27ClN2O. The number of halogens is 1. The highest BCUT2D eigenvalue weighted by atomic mass is 35.5. The summed E-state index contributed by atoms with van der Waals surface area (Å²) in [6.45, 7) is 11.0. The second-order valence-corrected chi connectivity index (χ2v) is 6.51. The number of nitrogens with one attached hydrogen (secondary N) is 1. The van der Waals surface area contributed by atoms with E-state index in [2.05, 4.69) is 37.1 Å². The summed E-state index contributed by atoms with van der Waals surface area (Å²) in [6, 6.07) is 6.63. The average Bonchev–Trinajstić information content (AvgIpc) is 2.47. The molecule has 0 amide bonds. The largest absolute Gasteiger partial charge is 0.377 e. The lowest BCUT2D eigenvalue weighted by molar-refractivity contribution is 0.0929. The molecule has 2 rings (SSSR count). The zero-order valence-electron chi connectivity index (χ0n) is 13.4. The number of rotatable bonds is 6. The van der Waals surface area contributed by atoms with Gasteiger partial charge in [-0.3, -0.25) is 0 Å². The van der Waals surface area contributed by atoms with Crippen LogP contribution < -0.4 is 10.2 Å². The van der Waals surface area contributed by atoms with Crippen LogP contribution in [0.1, 0.15) is 32.8 Å². The molecule has 1 N–H and O–H groups in total. The maximum Gasteiger partial charge on any atom is 0.0670 e. The van der Waals surface area contributed by atoms with Crippen molar-refractivity contribution in [3.63, 3.8) is 0 Å². The first kappa shape index (κ1) is 16.6. The number of anilines is 1. The smallest absolute Gasteiger partial charge is 0.0670 e. The Labute approximate surface area is 133 Å². The first-order valence-corrected chi connectivity index (χ1v) is 8.33. The summed E-state index contributed by atoms with van der Waals surface area (Å²) >= 11 is 6.52. The van der Waals surface area contributed by atoms with Crippen molar-refractivity contribution in [1.82, 2.24) is 5.32 Å². The lowest BCUT2D eigenvalue weighted by Gasteiger charge is -2.38. The highest BCUT2D eigenvalue weighted by Gasteiger charge is 2.25. The molecule has 1 heterocycles. The quantitative estimate of drug-likeness (QED) is 0.867. The number of hydrogen-bond acceptors (Lipinski definition) is 3. The molecule has 1 unspecified atom stereocenters. The average molecular weight is 311 g/mol. The summed E-state index contributed by atoms with van der Waals surface area (Å²) < 4.78 is 5.62. The van der Waals surface area contributed by atoms with Crippen molar-refractivity contribution in [2.24, 2.45) is 5.92 Å². The van der Waals surface area contributed by atoms with Crippen molar-refractivity contribution in [2.45, 2.75) is 39.8 Å². The van der Waals surface area contributed by atoms with E-state index in [0.717, 1.165) is 44.3 Å². The summed E-state index contributed by atoms with van der Waals surface area (Å²) in [7, 11) is 0. The van der Waals surface area contributed by atoms with Crippen molar-refractivity contribution in [3.8, 4) is 0 Å². The minimum absolute atomic E-state index is 0.419. The summed E-state index contributed by atoms with van der Waals surface area (Å²) in [5, 5.41) is 4.37. The molecular weight excluding hydrogens is 284 g/mol. The van der Waals surface area contributed by atoms with Gasteiger partial charge in [-0.2, -0.15) is 0 Å². The van der Waals surface area contributed by atoms with Crippen molar-refractivity contribution >= 4 is 17.3 Å². The molecule has 1 aliphatic heterocycles. The minimum atomic E-state index is 0.419. The maximum atomic E-state index is 6.52. The van der Waals surface area contributed by atoms with Crippen LogP contribution in [0.15, 0.2) is 18.2 Å². The second kappa shape index (κ2) is 8.02. The molecule has 1 aliphatic rings. The van der Waals surface area contributed by atoms with Crippen LogP contribution in [-0.2, 0) is 11.3 Å². The first-order chi connectivity index (χ1) is 10.1. The van der Waals surface area contributed by atoms with E-state index in [4.69, 9.17) is 16.3 Å². The molecule has 1 fully saturated rings. The van der Waals surface area contributed by atoms with Crippen LogP contribution in [0.2, 0.25) is 5.02 Å². The summed E-state index contributed by atoms with van der Waals surface area (Å²) in [4.78, 5) is 2.43. The van der Waals surface area contributed by atoms with Gasteiger partial charge in [0.2, 0.25) is 0 Å². The van der Waals surface area contributed by atoms with Crippen LogP contribution >= 0.6 is 11.6 Å². The number of morpholine rings is 1. The Morgan fingerprint density at radius 1 is 1.43 bits per heavy atom. The zero-order chi connectivity index (χ0) is 15.2. The van der Waals surface area contributed by atoms with Gasteiger partial charge in [-0.25, -0.2) is 0 Å². The molecule has 118 valence electrons. The Hall–Kier alpha value is -0.770. The van der Waals surface area contributed by atoms with Crippen LogP contribution in [0.5, 0.6) is 0 Å². The van der Waals surface area contributed by atoms with Gasteiger partial charge < -0.3 is 15.0 Å². The zero-order valence-corrected chi connectivity index (χ0v) is 14.1. The molecule has 4 heteroatoms. The molecule has 1 atom stereocenters. The third-order valence-corrected chi connectivity index (χ3v) is 4.23. The van der Waals surface area contributed by atoms with E-state index in [-0.39, 0.29) is 0 Å². The van der Waals surface area contributed by atoms with E-state index in [1.54, 1.807) is 0 Å². The van der Waals surface area contributed by atoms with Gasteiger partial charge in [-0.15, -0.1) is 0 Å². The molecule has 21 heavy (non-hydrogen) atoms. The fourth-order valence-corrected chi connectivity index (χ4v) is 3.11. The van der Waals surface area contributed by atoms with Crippen LogP contribution in [-0.4, -0.2) is 32.3 Å². The number of hydrogen-bond donors (Lipinski definition) is 1. The van der Waals surface area contributed by atoms with Crippen molar-refractivity contribution in [2.75, 3.05) is 31.2 Å².